The van der Waals surface area contributed by atoms with Gasteiger partial charge in [0.2, 0.25) is 5.91 Å². The van der Waals surface area contributed by atoms with Gasteiger partial charge >= 0.3 is 0 Å². The summed E-state index contributed by atoms with van der Waals surface area (Å²) in [5.74, 6) is -1.76. The minimum atomic E-state index is -0.782. The molecule has 1 fully saturated rings. The third-order valence-electron chi connectivity index (χ3n) is 6.07. The van der Waals surface area contributed by atoms with E-state index in [1.165, 1.54) is 17.7 Å². The summed E-state index contributed by atoms with van der Waals surface area (Å²) < 4.78 is 0. The molecule has 1 aliphatic heterocycles. The third kappa shape index (κ3) is 3.61. The van der Waals surface area contributed by atoms with Crippen LogP contribution >= 0.6 is 11.6 Å². The molecule has 0 radical (unpaired) electrons. The monoisotopic (exact) mass is 425 g/mol. The number of primary amides is 1. The van der Waals surface area contributed by atoms with Gasteiger partial charge in [-0.1, -0.05) is 35.9 Å². The summed E-state index contributed by atoms with van der Waals surface area (Å²) in [5.41, 5.74) is 7.87. The molecular weight excluding hydrogens is 402 g/mol. The lowest BCUT2D eigenvalue weighted by atomic mass is 9.91. The number of rotatable bonds is 7. The fourth-order valence-electron chi connectivity index (χ4n) is 4.17. The van der Waals surface area contributed by atoms with Crippen molar-refractivity contribution in [2.75, 3.05) is 20.6 Å². The molecule has 0 atom stereocenters. The van der Waals surface area contributed by atoms with E-state index in [-0.39, 0.29) is 33.7 Å². The summed E-state index contributed by atoms with van der Waals surface area (Å²) in [7, 11) is 4.14. The third-order valence-corrected chi connectivity index (χ3v) is 6.29. The van der Waals surface area contributed by atoms with Crippen molar-refractivity contribution in [3.8, 4) is 0 Å². The van der Waals surface area contributed by atoms with E-state index in [4.69, 9.17) is 17.3 Å². The summed E-state index contributed by atoms with van der Waals surface area (Å²) in [6.07, 6.45) is 3.38. The first-order chi connectivity index (χ1) is 14.2. The molecule has 6 nitrogen and oxygen atoms in total. The maximum Gasteiger partial charge on any atom is 0.262 e. The molecule has 0 saturated heterocycles. The highest BCUT2D eigenvalue weighted by molar-refractivity contribution is 6.33. The Morgan fingerprint density at radius 3 is 2.53 bits per heavy atom. The highest BCUT2D eigenvalue weighted by Gasteiger charge is 2.44. The summed E-state index contributed by atoms with van der Waals surface area (Å²) in [5, 5.41) is 0.198. The van der Waals surface area contributed by atoms with Crippen molar-refractivity contribution in [3.05, 3.63) is 69.2 Å². The molecule has 156 valence electrons. The first-order valence-corrected chi connectivity index (χ1v) is 10.3. The van der Waals surface area contributed by atoms with Gasteiger partial charge in [-0.25, -0.2) is 0 Å². The standard InChI is InChI=1S/C23H24ClN3O3/c1-26(2)9-8-23(6-7-23)15-5-3-4-14(10-15)13-27-21(29)18-12-16(24)11-17(20(25)28)19(18)22(27)30/h3-5,10-12H,6-9,13H2,1-2H3,(H2,25,28). The normalized spacial score (nSPS) is 16.9. The largest absolute Gasteiger partial charge is 0.366 e. The molecule has 0 spiro atoms. The van der Waals surface area contributed by atoms with Gasteiger partial charge in [-0.2, -0.15) is 0 Å². The number of nitrogens with zero attached hydrogens (tertiary/aromatic N) is 2. The molecular formula is C23H24ClN3O3. The molecule has 3 amide bonds. The van der Waals surface area contributed by atoms with Gasteiger partial charge in [0.05, 0.1) is 23.2 Å². The molecule has 1 heterocycles. The van der Waals surface area contributed by atoms with Crippen LogP contribution in [0.25, 0.3) is 0 Å². The van der Waals surface area contributed by atoms with Gasteiger partial charge in [-0.15, -0.1) is 0 Å². The smallest absolute Gasteiger partial charge is 0.262 e. The first-order valence-electron chi connectivity index (χ1n) is 9.95. The maximum atomic E-state index is 13.0. The fourth-order valence-corrected chi connectivity index (χ4v) is 4.39. The number of hydrogen-bond acceptors (Lipinski definition) is 4. The number of fused-ring (bicyclic) bond motifs is 1. The summed E-state index contributed by atoms with van der Waals surface area (Å²) >= 11 is 6.03. The second-order valence-corrected chi connectivity index (χ2v) is 8.91. The van der Waals surface area contributed by atoms with Crippen LogP contribution in [0.15, 0.2) is 36.4 Å². The predicted octanol–water partition coefficient (Wildman–Crippen LogP) is 3.22. The van der Waals surface area contributed by atoms with E-state index in [0.29, 0.717) is 0 Å². The summed E-state index contributed by atoms with van der Waals surface area (Å²) in [6, 6.07) is 10.9. The Kier molecular flexibility index (Phi) is 5.16. The fraction of sp³-hybridized carbons (Fsp3) is 0.348. The van der Waals surface area contributed by atoms with E-state index < -0.39 is 17.7 Å². The van der Waals surface area contributed by atoms with Gasteiger partial charge < -0.3 is 10.6 Å². The first kappa shape index (κ1) is 20.6. The van der Waals surface area contributed by atoms with Crippen molar-refractivity contribution < 1.29 is 14.4 Å². The SMILES string of the molecule is CN(C)CCC1(c2cccc(CN3C(=O)c4cc(Cl)cc(C(N)=O)c4C3=O)c2)CC1. The number of nitrogens with two attached hydrogens (primary N) is 1. The van der Waals surface area contributed by atoms with Gasteiger partial charge in [0, 0.05) is 5.02 Å². The Balaban J connectivity index is 1.60. The summed E-state index contributed by atoms with van der Waals surface area (Å²) in [4.78, 5) is 41.0. The molecule has 2 aromatic rings. The number of carbonyl (C=O) groups is 3. The highest BCUT2D eigenvalue weighted by atomic mass is 35.5. The van der Waals surface area contributed by atoms with Crippen LogP contribution in [0.5, 0.6) is 0 Å². The van der Waals surface area contributed by atoms with Crippen LogP contribution in [0.3, 0.4) is 0 Å². The van der Waals surface area contributed by atoms with Crippen molar-refractivity contribution in [2.45, 2.75) is 31.2 Å². The van der Waals surface area contributed by atoms with E-state index in [9.17, 15) is 14.4 Å². The molecule has 4 rings (SSSR count). The number of benzene rings is 2. The number of halogens is 1. The van der Waals surface area contributed by atoms with Crippen LogP contribution in [0.4, 0.5) is 0 Å². The minimum absolute atomic E-state index is 0.0206. The Bertz CT molecular complexity index is 1060. The molecule has 2 aliphatic rings. The maximum absolute atomic E-state index is 13.0. The van der Waals surface area contributed by atoms with Crippen LogP contribution in [0, 0.1) is 0 Å². The zero-order valence-electron chi connectivity index (χ0n) is 17.1. The van der Waals surface area contributed by atoms with Gasteiger partial charge in [0.15, 0.2) is 0 Å². The van der Waals surface area contributed by atoms with Crippen molar-refractivity contribution in [1.82, 2.24) is 9.80 Å². The second kappa shape index (κ2) is 7.52. The number of carbonyl (C=O) groups excluding carboxylic acids is 3. The molecule has 1 aliphatic carbocycles. The van der Waals surface area contributed by atoms with E-state index in [1.807, 2.05) is 12.1 Å². The zero-order valence-corrected chi connectivity index (χ0v) is 17.8. The lowest BCUT2D eigenvalue weighted by Crippen LogP contribution is -2.29. The van der Waals surface area contributed by atoms with E-state index >= 15 is 0 Å². The van der Waals surface area contributed by atoms with Crippen LogP contribution in [-0.2, 0) is 12.0 Å². The van der Waals surface area contributed by atoms with E-state index in [2.05, 4.69) is 31.1 Å². The lowest BCUT2D eigenvalue weighted by Gasteiger charge is -2.20. The molecule has 2 N–H and O–H groups in total. The Morgan fingerprint density at radius 1 is 1.17 bits per heavy atom. The molecule has 7 heteroatoms. The summed E-state index contributed by atoms with van der Waals surface area (Å²) in [6.45, 7) is 1.15. The Labute approximate surface area is 180 Å². The van der Waals surface area contributed by atoms with Crippen LogP contribution in [0.2, 0.25) is 5.02 Å². The Hall–Kier alpha value is -2.70. The van der Waals surface area contributed by atoms with Crippen molar-refractivity contribution >= 4 is 29.3 Å². The van der Waals surface area contributed by atoms with E-state index in [1.54, 1.807) is 0 Å². The quantitative estimate of drug-likeness (QED) is 0.690. The molecule has 0 unspecified atom stereocenters. The molecule has 2 aromatic carbocycles. The average molecular weight is 426 g/mol. The predicted molar refractivity (Wildman–Crippen MR) is 115 cm³/mol. The number of imide groups is 1. The second-order valence-electron chi connectivity index (χ2n) is 8.47. The molecule has 0 aromatic heterocycles. The topological polar surface area (TPSA) is 83.7 Å². The highest BCUT2D eigenvalue weighted by Crippen LogP contribution is 2.51. The number of hydrogen-bond donors (Lipinski definition) is 1. The van der Waals surface area contributed by atoms with Gasteiger partial charge in [0.1, 0.15) is 0 Å². The van der Waals surface area contributed by atoms with E-state index in [0.717, 1.165) is 36.3 Å². The molecule has 30 heavy (non-hydrogen) atoms. The average Bonchev–Trinajstić information content (AvgIpc) is 3.46. The van der Waals surface area contributed by atoms with Crippen molar-refractivity contribution in [2.24, 2.45) is 5.73 Å². The van der Waals surface area contributed by atoms with Crippen LogP contribution in [-0.4, -0.2) is 48.2 Å². The molecule has 1 saturated carbocycles. The van der Waals surface area contributed by atoms with Crippen molar-refractivity contribution in [3.63, 3.8) is 0 Å². The number of amides is 3. The van der Waals surface area contributed by atoms with Gasteiger partial charge in [0.25, 0.3) is 11.8 Å². The minimum Gasteiger partial charge on any atom is -0.366 e. The lowest BCUT2D eigenvalue weighted by molar-refractivity contribution is 0.0640. The van der Waals surface area contributed by atoms with Crippen molar-refractivity contribution in [1.29, 1.82) is 0 Å². The van der Waals surface area contributed by atoms with Gasteiger partial charge in [-0.3, -0.25) is 19.3 Å². The van der Waals surface area contributed by atoms with Crippen LogP contribution in [0.1, 0.15) is 61.5 Å². The molecule has 0 bridgehead atoms. The Morgan fingerprint density at radius 2 is 1.90 bits per heavy atom. The van der Waals surface area contributed by atoms with Gasteiger partial charge in [-0.05, 0) is 68.6 Å². The zero-order chi connectivity index (χ0) is 21.6. The van der Waals surface area contributed by atoms with Crippen LogP contribution < -0.4 is 5.73 Å².